The lowest BCUT2D eigenvalue weighted by Crippen LogP contribution is -2.48. The monoisotopic (exact) mass is 320 g/mol. The van der Waals surface area contributed by atoms with Crippen molar-refractivity contribution < 1.29 is 4.79 Å². The van der Waals surface area contributed by atoms with E-state index in [1.165, 1.54) is 5.56 Å². The molecule has 0 bridgehead atoms. The van der Waals surface area contributed by atoms with E-state index in [0.717, 1.165) is 43.6 Å². The highest BCUT2D eigenvalue weighted by Crippen LogP contribution is 2.17. The molecule has 4 rings (SSSR count). The molecule has 122 valence electrons. The fraction of sp³-hybridized carbons (Fsp3) is 0.263. The van der Waals surface area contributed by atoms with E-state index in [4.69, 9.17) is 0 Å². The molecule has 0 radical (unpaired) electrons. The van der Waals surface area contributed by atoms with Gasteiger partial charge in [-0.05, 0) is 23.8 Å². The minimum atomic E-state index is 0.0900. The van der Waals surface area contributed by atoms with E-state index in [0.29, 0.717) is 5.69 Å². The first-order valence-corrected chi connectivity index (χ1v) is 8.28. The van der Waals surface area contributed by atoms with Crippen LogP contribution in [0.25, 0.3) is 10.9 Å². The van der Waals surface area contributed by atoms with E-state index < -0.39 is 0 Å². The number of carbonyl (C=O) groups is 1. The predicted octanol–water partition coefficient (Wildman–Crippen LogP) is 2.52. The van der Waals surface area contributed by atoms with Crippen LogP contribution >= 0.6 is 0 Å². The van der Waals surface area contributed by atoms with E-state index in [2.05, 4.69) is 20.9 Å². The fourth-order valence-corrected chi connectivity index (χ4v) is 3.22. The van der Waals surface area contributed by atoms with Gasteiger partial charge in [0, 0.05) is 56.0 Å². The van der Waals surface area contributed by atoms with Gasteiger partial charge in [-0.1, -0.05) is 24.3 Å². The summed E-state index contributed by atoms with van der Waals surface area (Å²) in [5.74, 6) is 0.0900. The van der Waals surface area contributed by atoms with E-state index in [-0.39, 0.29) is 5.91 Å². The largest absolute Gasteiger partial charge is 0.351 e. The molecule has 1 N–H and O–H groups in total. The van der Waals surface area contributed by atoms with Crippen LogP contribution in [0.1, 0.15) is 16.1 Å². The van der Waals surface area contributed by atoms with Gasteiger partial charge in [-0.2, -0.15) is 0 Å². The summed E-state index contributed by atoms with van der Waals surface area (Å²) in [5, 5.41) is 1.08. The number of hydrogen-bond donors (Lipinski definition) is 1. The molecule has 1 aliphatic rings. The van der Waals surface area contributed by atoms with Crippen molar-refractivity contribution in [2.24, 2.45) is 0 Å². The van der Waals surface area contributed by atoms with Gasteiger partial charge < -0.3 is 9.88 Å². The van der Waals surface area contributed by atoms with Crippen molar-refractivity contribution in [1.29, 1.82) is 0 Å². The van der Waals surface area contributed by atoms with Crippen LogP contribution in [0.5, 0.6) is 0 Å². The molecule has 5 nitrogen and oxygen atoms in total. The molecule has 1 saturated heterocycles. The summed E-state index contributed by atoms with van der Waals surface area (Å²) in [7, 11) is 0. The first kappa shape index (κ1) is 14.9. The van der Waals surface area contributed by atoms with Crippen LogP contribution < -0.4 is 0 Å². The molecule has 0 atom stereocenters. The molecule has 0 aliphatic carbocycles. The third-order valence-electron chi connectivity index (χ3n) is 4.55. The van der Waals surface area contributed by atoms with Crippen LogP contribution in [0.3, 0.4) is 0 Å². The Kier molecular flexibility index (Phi) is 4.01. The zero-order chi connectivity index (χ0) is 16.4. The number of pyridine rings is 1. The molecular formula is C19H20N4O. The third-order valence-corrected chi connectivity index (χ3v) is 4.55. The summed E-state index contributed by atoms with van der Waals surface area (Å²) in [6.07, 6.45) is 3.70. The first-order chi connectivity index (χ1) is 11.8. The lowest BCUT2D eigenvalue weighted by Gasteiger charge is -2.34. The van der Waals surface area contributed by atoms with Crippen molar-refractivity contribution in [2.45, 2.75) is 6.54 Å². The van der Waals surface area contributed by atoms with Gasteiger partial charge in [0.2, 0.25) is 0 Å². The maximum absolute atomic E-state index is 12.7. The lowest BCUT2D eigenvalue weighted by atomic mass is 10.2. The fourth-order valence-electron chi connectivity index (χ4n) is 3.22. The summed E-state index contributed by atoms with van der Waals surface area (Å²) < 4.78 is 0. The number of carbonyl (C=O) groups excluding carboxylic acids is 1. The highest BCUT2D eigenvalue weighted by Gasteiger charge is 2.23. The maximum Gasteiger partial charge on any atom is 0.270 e. The molecule has 24 heavy (non-hydrogen) atoms. The van der Waals surface area contributed by atoms with Crippen LogP contribution in [0, 0.1) is 0 Å². The Hall–Kier alpha value is -2.66. The van der Waals surface area contributed by atoms with Gasteiger partial charge in [-0.25, -0.2) is 0 Å². The van der Waals surface area contributed by atoms with Crippen molar-refractivity contribution in [3.8, 4) is 0 Å². The smallest absolute Gasteiger partial charge is 0.270 e. The Morgan fingerprint density at radius 2 is 1.92 bits per heavy atom. The van der Waals surface area contributed by atoms with E-state index in [1.807, 2.05) is 47.5 Å². The van der Waals surface area contributed by atoms with Gasteiger partial charge in [0.05, 0.1) is 0 Å². The van der Waals surface area contributed by atoms with Crippen molar-refractivity contribution in [3.05, 3.63) is 66.1 Å². The summed E-state index contributed by atoms with van der Waals surface area (Å²) in [4.78, 5) is 24.4. The Labute approximate surface area is 140 Å². The minimum Gasteiger partial charge on any atom is -0.351 e. The summed E-state index contributed by atoms with van der Waals surface area (Å²) >= 11 is 0. The quantitative estimate of drug-likeness (QED) is 0.807. The lowest BCUT2D eigenvalue weighted by molar-refractivity contribution is 0.0623. The Morgan fingerprint density at radius 3 is 2.67 bits per heavy atom. The summed E-state index contributed by atoms with van der Waals surface area (Å²) in [6, 6.07) is 14.0. The number of aromatic amines is 1. The van der Waals surface area contributed by atoms with Gasteiger partial charge in [0.15, 0.2) is 0 Å². The van der Waals surface area contributed by atoms with Crippen LogP contribution in [-0.4, -0.2) is 51.9 Å². The van der Waals surface area contributed by atoms with Crippen LogP contribution in [-0.2, 0) is 6.54 Å². The van der Waals surface area contributed by atoms with Crippen molar-refractivity contribution in [3.63, 3.8) is 0 Å². The number of piperazine rings is 1. The topological polar surface area (TPSA) is 52.2 Å². The second kappa shape index (κ2) is 6.45. The number of H-pyrrole nitrogens is 1. The normalized spacial score (nSPS) is 15.8. The molecule has 1 aromatic carbocycles. The number of fused-ring (bicyclic) bond motifs is 1. The molecule has 0 unspecified atom stereocenters. The van der Waals surface area contributed by atoms with Gasteiger partial charge >= 0.3 is 0 Å². The predicted molar refractivity (Wildman–Crippen MR) is 93.7 cm³/mol. The first-order valence-electron chi connectivity index (χ1n) is 8.28. The second-order valence-corrected chi connectivity index (χ2v) is 6.20. The van der Waals surface area contributed by atoms with Gasteiger partial charge in [-0.15, -0.1) is 0 Å². The minimum absolute atomic E-state index is 0.0900. The highest BCUT2D eigenvalue weighted by molar-refractivity contribution is 5.98. The molecule has 5 heteroatoms. The number of amides is 1. The third kappa shape index (κ3) is 3.03. The van der Waals surface area contributed by atoms with E-state index in [9.17, 15) is 4.79 Å². The molecular weight excluding hydrogens is 300 g/mol. The molecule has 1 fully saturated rings. The zero-order valence-electron chi connectivity index (χ0n) is 13.5. The number of nitrogens with zero attached hydrogens (tertiary/aromatic N) is 3. The van der Waals surface area contributed by atoms with Crippen LogP contribution in [0.4, 0.5) is 0 Å². The number of aromatic nitrogens is 2. The Morgan fingerprint density at radius 1 is 1.08 bits per heavy atom. The highest BCUT2D eigenvalue weighted by atomic mass is 16.2. The van der Waals surface area contributed by atoms with E-state index in [1.54, 1.807) is 6.20 Å². The number of hydrogen-bond acceptors (Lipinski definition) is 3. The standard InChI is InChI=1S/C19H20N4O/c24-19(18-12-16-5-1-2-6-17(16)21-18)23-10-8-22(9-11-23)14-15-4-3-7-20-13-15/h1-7,12-13,21H,8-11,14H2. The molecule has 1 aliphatic heterocycles. The number of para-hydroxylation sites is 1. The Balaban J connectivity index is 1.39. The number of rotatable bonds is 3. The molecule has 3 aromatic rings. The molecule has 1 amide bonds. The van der Waals surface area contributed by atoms with Crippen molar-refractivity contribution in [1.82, 2.24) is 19.8 Å². The van der Waals surface area contributed by atoms with Gasteiger partial charge in [0.1, 0.15) is 5.69 Å². The van der Waals surface area contributed by atoms with E-state index >= 15 is 0 Å². The molecule has 2 aromatic heterocycles. The van der Waals surface area contributed by atoms with Crippen molar-refractivity contribution in [2.75, 3.05) is 26.2 Å². The Bertz CT molecular complexity index is 802. The maximum atomic E-state index is 12.7. The molecule has 0 saturated carbocycles. The SMILES string of the molecule is O=C(c1cc2ccccc2[nH]1)N1CCN(Cc2cccnc2)CC1. The zero-order valence-corrected chi connectivity index (χ0v) is 13.5. The van der Waals surface area contributed by atoms with Gasteiger partial charge in [-0.3, -0.25) is 14.7 Å². The van der Waals surface area contributed by atoms with Crippen molar-refractivity contribution >= 4 is 16.8 Å². The number of benzene rings is 1. The summed E-state index contributed by atoms with van der Waals surface area (Å²) in [6.45, 7) is 4.19. The summed E-state index contributed by atoms with van der Waals surface area (Å²) in [5.41, 5.74) is 2.90. The molecule has 0 spiro atoms. The van der Waals surface area contributed by atoms with Gasteiger partial charge in [0.25, 0.3) is 5.91 Å². The average Bonchev–Trinajstić information content (AvgIpc) is 3.07. The average molecular weight is 320 g/mol. The number of nitrogens with one attached hydrogen (secondary N) is 1. The molecule has 3 heterocycles. The second-order valence-electron chi connectivity index (χ2n) is 6.20. The van der Waals surface area contributed by atoms with Crippen LogP contribution in [0.15, 0.2) is 54.9 Å². The van der Waals surface area contributed by atoms with Crippen LogP contribution in [0.2, 0.25) is 0 Å².